The third-order valence-electron chi connectivity index (χ3n) is 2.40. The molecule has 1 rings (SSSR count). The lowest BCUT2D eigenvalue weighted by Crippen LogP contribution is -2.41. The average molecular weight is 186 g/mol. The number of rotatable bonds is 1. The summed E-state index contributed by atoms with van der Waals surface area (Å²) in [5.74, 6) is 0. The van der Waals surface area contributed by atoms with Crippen LogP contribution in [0.4, 0.5) is 4.79 Å². The van der Waals surface area contributed by atoms with Gasteiger partial charge in [0, 0.05) is 19.6 Å². The van der Waals surface area contributed by atoms with E-state index >= 15 is 0 Å². The van der Waals surface area contributed by atoms with Crippen LogP contribution in [0.5, 0.6) is 0 Å². The molecule has 1 heterocycles. The molecule has 4 heteroatoms. The van der Waals surface area contributed by atoms with Crippen molar-refractivity contribution in [1.29, 1.82) is 0 Å². The first-order valence-electron chi connectivity index (χ1n) is 5.01. The molecule has 1 saturated heterocycles. The van der Waals surface area contributed by atoms with Crippen LogP contribution in [-0.2, 0) is 0 Å². The fourth-order valence-electron chi connectivity index (χ4n) is 1.56. The maximum absolute atomic E-state index is 11.5. The van der Waals surface area contributed by atoms with E-state index in [1.165, 1.54) is 12.8 Å². The molecule has 4 nitrogen and oxygen atoms in total. The third kappa shape index (κ3) is 2.88. The number of carbonyl (C=O) groups excluding carboxylic acids is 1. The van der Waals surface area contributed by atoms with Gasteiger partial charge < -0.3 is 4.90 Å². The monoisotopic (exact) mass is 186 g/mol. The van der Waals surface area contributed by atoms with Gasteiger partial charge in [-0.2, -0.15) is 0 Å². The second-order valence-electron chi connectivity index (χ2n) is 3.40. The van der Waals surface area contributed by atoms with E-state index < -0.39 is 0 Å². The van der Waals surface area contributed by atoms with Crippen molar-refractivity contribution in [2.75, 3.05) is 19.6 Å². The summed E-state index contributed by atoms with van der Waals surface area (Å²) in [4.78, 5) is 13.2. The number of hydroxylamine groups is 2. The molecule has 0 aromatic heterocycles. The highest BCUT2D eigenvalue weighted by atomic mass is 16.5. The number of carbonyl (C=O) groups is 1. The van der Waals surface area contributed by atoms with Crippen LogP contribution in [0, 0.1) is 0 Å². The zero-order valence-corrected chi connectivity index (χ0v) is 8.20. The smallest absolute Gasteiger partial charge is 0.323 e. The van der Waals surface area contributed by atoms with Crippen LogP contribution < -0.4 is 0 Å². The van der Waals surface area contributed by atoms with Crippen molar-refractivity contribution in [2.24, 2.45) is 0 Å². The molecule has 0 bridgehead atoms. The first-order valence-corrected chi connectivity index (χ1v) is 5.01. The molecule has 1 N–H and O–H groups in total. The van der Waals surface area contributed by atoms with Crippen LogP contribution in [0.15, 0.2) is 0 Å². The number of hydrogen-bond acceptors (Lipinski definition) is 2. The second-order valence-corrected chi connectivity index (χ2v) is 3.40. The zero-order valence-electron chi connectivity index (χ0n) is 8.20. The number of nitrogens with zero attached hydrogens (tertiary/aromatic N) is 2. The van der Waals surface area contributed by atoms with Gasteiger partial charge in [-0.1, -0.05) is 12.8 Å². The molecule has 76 valence electrons. The molecule has 0 radical (unpaired) electrons. The Bertz CT molecular complexity index is 165. The molecule has 0 spiro atoms. The van der Waals surface area contributed by atoms with Crippen LogP contribution in [0.25, 0.3) is 0 Å². The normalized spacial score (nSPS) is 18.2. The van der Waals surface area contributed by atoms with E-state index in [1.807, 2.05) is 0 Å². The van der Waals surface area contributed by atoms with E-state index in [1.54, 1.807) is 11.8 Å². The van der Waals surface area contributed by atoms with Crippen LogP contribution in [0.1, 0.15) is 32.6 Å². The Hall–Kier alpha value is -0.770. The predicted octanol–water partition coefficient (Wildman–Crippen LogP) is 1.69. The molecule has 2 amide bonds. The summed E-state index contributed by atoms with van der Waals surface area (Å²) in [6, 6.07) is -0.246. The van der Waals surface area contributed by atoms with Crippen molar-refractivity contribution in [3.05, 3.63) is 0 Å². The lowest BCUT2D eigenvalue weighted by Gasteiger charge is -2.24. The summed E-state index contributed by atoms with van der Waals surface area (Å²) in [6.07, 6.45) is 4.51. The van der Waals surface area contributed by atoms with E-state index in [0.717, 1.165) is 31.0 Å². The third-order valence-corrected chi connectivity index (χ3v) is 2.40. The molecule has 0 saturated carbocycles. The summed E-state index contributed by atoms with van der Waals surface area (Å²) in [6.45, 7) is 3.69. The fraction of sp³-hybridized carbons (Fsp3) is 0.889. The van der Waals surface area contributed by atoms with Crippen LogP contribution in [-0.4, -0.2) is 40.8 Å². The zero-order chi connectivity index (χ0) is 9.68. The number of amides is 2. The summed E-state index contributed by atoms with van der Waals surface area (Å²) in [5, 5.41) is 10.00. The fourth-order valence-corrected chi connectivity index (χ4v) is 1.56. The van der Waals surface area contributed by atoms with Gasteiger partial charge in [0.05, 0.1) is 0 Å². The van der Waals surface area contributed by atoms with Gasteiger partial charge in [-0.25, -0.2) is 9.86 Å². The van der Waals surface area contributed by atoms with Crippen molar-refractivity contribution in [1.82, 2.24) is 9.96 Å². The summed E-state index contributed by atoms with van der Waals surface area (Å²) < 4.78 is 0. The minimum atomic E-state index is -0.246. The highest BCUT2D eigenvalue weighted by molar-refractivity contribution is 5.73. The lowest BCUT2D eigenvalue weighted by atomic mass is 10.2. The molecule has 1 fully saturated rings. The van der Waals surface area contributed by atoms with E-state index in [9.17, 15) is 10.0 Å². The molecule has 0 aliphatic carbocycles. The Morgan fingerprint density at radius 2 is 1.85 bits per heavy atom. The van der Waals surface area contributed by atoms with Gasteiger partial charge in [0.15, 0.2) is 0 Å². The highest BCUT2D eigenvalue weighted by Crippen LogP contribution is 2.10. The predicted molar refractivity (Wildman–Crippen MR) is 49.6 cm³/mol. The second kappa shape index (κ2) is 5.07. The Balaban J connectivity index is 2.43. The summed E-state index contributed by atoms with van der Waals surface area (Å²) >= 11 is 0. The van der Waals surface area contributed by atoms with E-state index in [-0.39, 0.29) is 6.03 Å². The number of likely N-dealkylation sites (tertiary alicyclic amines) is 1. The molecule has 0 unspecified atom stereocenters. The van der Waals surface area contributed by atoms with Gasteiger partial charge in [-0.05, 0) is 19.8 Å². The topological polar surface area (TPSA) is 43.8 Å². The van der Waals surface area contributed by atoms with Crippen molar-refractivity contribution < 1.29 is 10.0 Å². The van der Waals surface area contributed by atoms with Gasteiger partial charge in [0.1, 0.15) is 0 Å². The Labute approximate surface area is 79.1 Å². The molecular weight excluding hydrogens is 168 g/mol. The maximum Gasteiger partial charge on any atom is 0.343 e. The van der Waals surface area contributed by atoms with Crippen molar-refractivity contribution in [3.63, 3.8) is 0 Å². The molecule has 0 aromatic rings. The first-order chi connectivity index (χ1) is 6.25. The molecular formula is C9H18N2O2. The van der Waals surface area contributed by atoms with E-state index in [4.69, 9.17) is 0 Å². The lowest BCUT2D eigenvalue weighted by molar-refractivity contribution is -0.0521. The summed E-state index contributed by atoms with van der Waals surface area (Å²) in [7, 11) is 0. The standard InChI is InChI=1S/C9H18N2O2/c1-2-11(13)9(12)10-7-5-3-4-6-8-10/h13H,2-8H2,1H3. The van der Waals surface area contributed by atoms with Gasteiger partial charge in [-0.15, -0.1) is 0 Å². The number of urea groups is 1. The van der Waals surface area contributed by atoms with Crippen molar-refractivity contribution in [3.8, 4) is 0 Å². The van der Waals surface area contributed by atoms with Gasteiger partial charge in [0.25, 0.3) is 0 Å². The SMILES string of the molecule is CCN(O)C(=O)N1CCCCCC1. The molecule has 13 heavy (non-hydrogen) atoms. The Morgan fingerprint density at radius 3 is 2.31 bits per heavy atom. The average Bonchev–Trinajstić information content (AvgIpc) is 2.43. The van der Waals surface area contributed by atoms with Gasteiger partial charge in [0.2, 0.25) is 0 Å². The molecule has 1 aliphatic heterocycles. The first kappa shape index (κ1) is 10.3. The Morgan fingerprint density at radius 1 is 1.31 bits per heavy atom. The van der Waals surface area contributed by atoms with Crippen LogP contribution in [0.2, 0.25) is 0 Å². The van der Waals surface area contributed by atoms with E-state index in [0.29, 0.717) is 6.54 Å². The van der Waals surface area contributed by atoms with Crippen molar-refractivity contribution in [2.45, 2.75) is 32.6 Å². The van der Waals surface area contributed by atoms with Crippen LogP contribution >= 0.6 is 0 Å². The molecule has 0 aromatic carbocycles. The largest absolute Gasteiger partial charge is 0.343 e. The van der Waals surface area contributed by atoms with Crippen LogP contribution in [0.3, 0.4) is 0 Å². The number of hydrogen-bond donors (Lipinski definition) is 1. The Kier molecular flexibility index (Phi) is 4.02. The maximum atomic E-state index is 11.5. The molecule has 0 atom stereocenters. The van der Waals surface area contributed by atoms with Gasteiger partial charge >= 0.3 is 6.03 Å². The van der Waals surface area contributed by atoms with E-state index in [2.05, 4.69) is 0 Å². The summed E-state index contributed by atoms with van der Waals surface area (Å²) in [5.41, 5.74) is 0. The minimum absolute atomic E-state index is 0.246. The molecule has 1 aliphatic rings. The van der Waals surface area contributed by atoms with Gasteiger partial charge in [-0.3, -0.25) is 5.21 Å². The minimum Gasteiger partial charge on any atom is -0.323 e. The quantitative estimate of drug-likeness (QED) is 0.500. The van der Waals surface area contributed by atoms with Crippen molar-refractivity contribution >= 4 is 6.03 Å². The highest BCUT2D eigenvalue weighted by Gasteiger charge is 2.18.